The third kappa shape index (κ3) is 3.83. The van der Waals surface area contributed by atoms with Crippen LogP contribution in [0.5, 0.6) is 0 Å². The molecule has 2 aromatic heterocycles. The topological polar surface area (TPSA) is 98.7 Å². The van der Waals surface area contributed by atoms with Crippen molar-refractivity contribution in [1.82, 2.24) is 5.32 Å². The standard InChI is InChI=1S/C19H17NO6/c1-11-5-6-14-13(9-17(21)26-16(14)8-11)10-25-19(23)12(2)20-18(22)15-4-3-7-24-15/h3-9,12H,10H2,1-2H3,(H,20,22)/t12-/m0/s1. The van der Waals surface area contributed by atoms with E-state index in [2.05, 4.69) is 5.32 Å². The van der Waals surface area contributed by atoms with E-state index in [1.165, 1.54) is 25.3 Å². The first-order valence-electron chi connectivity index (χ1n) is 7.98. The van der Waals surface area contributed by atoms with Gasteiger partial charge in [0.05, 0.1) is 6.26 Å². The second-order valence-corrected chi connectivity index (χ2v) is 5.87. The molecule has 0 aliphatic heterocycles. The minimum absolute atomic E-state index is 0.103. The van der Waals surface area contributed by atoms with Crippen LogP contribution in [0.1, 0.15) is 28.6 Å². The summed E-state index contributed by atoms with van der Waals surface area (Å²) in [5.41, 5.74) is 1.40. The first-order valence-corrected chi connectivity index (χ1v) is 7.98. The number of furan rings is 1. The summed E-state index contributed by atoms with van der Waals surface area (Å²) >= 11 is 0. The number of fused-ring (bicyclic) bond motifs is 1. The Morgan fingerprint density at radius 3 is 2.77 bits per heavy atom. The van der Waals surface area contributed by atoms with Gasteiger partial charge in [-0.1, -0.05) is 12.1 Å². The van der Waals surface area contributed by atoms with Crippen LogP contribution in [0.4, 0.5) is 0 Å². The van der Waals surface area contributed by atoms with Crippen LogP contribution in [0.15, 0.2) is 56.3 Å². The Morgan fingerprint density at radius 1 is 1.23 bits per heavy atom. The van der Waals surface area contributed by atoms with Gasteiger partial charge in [-0.05, 0) is 37.6 Å². The highest BCUT2D eigenvalue weighted by molar-refractivity contribution is 5.94. The number of hydrogen-bond donors (Lipinski definition) is 1. The molecule has 1 N–H and O–H groups in total. The Morgan fingerprint density at radius 2 is 2.04 bits per heavy atom. The lowest BCUT2D eigenvalue weighted by molar-refractivity contribution is -0.146. The molecule has 0 spiro atoms. The number of amides is 1. The first kappa shape index (κ1) is 17.5. The summed E-state index contributed by atoms with van der Waals surface area (Å²) in [5, 5.41) is 3.18. The highest BCUT2D eigenvalue weighted by Gasteiger charge is 2.20. The van der Waals surface area contributed by atoms with E-state index in [9.17, 15) is 14.4 Å². The molecule has 0 radical (unpaired) electrons. The molecule has 0 aliphatic rings. The van der Waals surface area contributed by atoms with E-state index in [0.717, 1.165) is 5.56 Å². The van der Waals surface area contributed by atoms with Gasteiger partial charge >= 0.3 is 11.6 Å². The molecule has 0 unspecified atom stereocenters. The van der Waals surface area contributed by atoms with Crippen LogP contribution in [-0.2, 0) is 16.1 Å². The van der Waals surface area contributed by atoms with E-state index in [0.29, 0.717) is 16.5 Å². The maximum Gasteiger partial charge on any atom is 0.336 e. The lowest BCUT2D eigenvalue weighted by Gasteiger charge is -2.13. The molecule has 3 aromatic rings. The monoisotopic (exact) mass is 355 g/mol. The van der Waals surface area contributed by atoms with Crippen molar-refractivity contribution >= 4 is 22.8 Å². The van der Waals surface area contributed by atoms with Crippen molar-refractivity contribution in [2.24, 2.45) is 0 Å². The molecule has 26 heavy (non-hydrogen) atoms. The van der Waals surface area contributed by atoms with Crippen LogP contribution >= 0.6 is 0 Å². The average Bonchev–Trinajstić information content (AvgIpc) is 3.13. The average molecular weight is 355 g/mol. The smallest absolute Gasteiger partial charge is 0.336 e. The van der Waals surface area contributed by atoms with E-state index in [4.69, 9.17) is 13.6 Å². The second kappa shape index (κ2) is 7.26. The molecule has 134 valence electrons. The highest BCUT2D eigenvalue weighted by atomic mass is 16.5. The number of hydrogen-bond acceptors (Lipinski definition) is 6. The molecule has 1 amide bonds. The van der Waals surface area contributed by atoms with E-state index in [-0.39, 0.29) is 12.4 Å². The molecule has 3 rings (SSSR count). The third-order valence-electron chi connectivity index (χ3n) is 3.80. The summed E-state index contributed by atoms with van der Waals surface area (Å²) in [4.78, 5) is 35.7. The Balaban J connectivity index is 1.68. The van der Waals surface area contributed by atoms with E-state index >= 15 is 0 Å². The molecule has 0 bridgehead atoms. The number of carbonyl (C=O) groups is 2. The summed E-state index contributed by atoms with van der Waals surface area (Å²) < 4.78 is 15.4. The van der Waals surface area contributed by atoms with Crippen molar-refractivity contribution in [3.63, 3.8) is 0 Å². The van der Waals surface area contributed by atoms with Gasteiger partial charge in [0.25, 0.3) is 5.91 Å². The number of benzene rings is 1. The zero-order valence-electron chi connectivity index (χ0n) is 14.3. The van der Waals surface area contributed by atoms with Gasteiger partial charge in [-0.3, -0.25) is 4.79 Å². The summed E-state index contributed by atoms with van der Waals surface area (Å²) in [7, 11) is 0. The predicted molar refractivity (Wildman–Crippen MR) is 92.7 cm³/mol. The summed E-state index contributed by atoms with van der Waals surface area (Å²) in [6.45, 7) is 3.28. The molecule has 0 saturated carbocycles. The molecule has 0 fully saturated rings. The van der Waals surface area contributed by atoms with Gasteiger partial charge in [0.15, 0.2) is 5.76 Å². The number of aryl methyl sites for hydroxylation is 1. The van der Waals surface area contributed by atoms with Crippen LogP contribution in [0.2, 0.25) is 0 Å². The number of carbonyl (C=O) groups excluding carboxylic acids is 2. The van der Waals surface area contributed by atoms with Gasteiger partial charge in [-0.15, -0.1) is 0 Å². The molecule has 2 heterocycles. The van der Waals surface area contributed by atoms with Crippen molar-refractivity contribution in [3.05, 3.63) is 70.0 Å². The van der Waals surface area contributed by atoms with Crippen molar-refractivity contribution in [2.75, 3.05) is 0 Å². The Kier molecular flexibility index (Phi) is 4.88. The van der Waals surface area contributed by atoms with Crippen LogP contribution < -0.4 is 10.9 Å². The van der Waals surface area contributed by atoms with Gasteiger partial charge in [0.2, 0.25) is 0 Å². The fourth-order valence-electron chi connectivity index (χ4n) is 2.46. The van der Waals surface area contributed by atoms with Crippen LogP contribution in [0.25, 0.3) is 11.0 Å². The van der Waals surface area contributed by atoms with E-state index in [1.807, 2.05) is 13.0 Å². The zero-order valence-corrected chi connectivity index (χ0v) is 14.3. The lowest BCUT2D eigenvalue weighted by atomic mass is 10.1. The lowest BCUT2D eigenvalue weighted by Crippen LogP contribution is -2.39. The molecule has 1 atom stereocenters. The zero-order chi connectivity index (χ0) is 18.7. The van der Waals surface area contributed by atoms with Gasteiger partial charge in [0.1, 0.15) is 18.2 Å². The number of esters is 1. The fraction of sp³-hybridized carbons (Fsp3) is 0.211. The largest absolute Gasteiger partial charge is 0.459 e. The molecular formula is C19H17NO6. The first-order chi connectivity index (χ1) is 12.4. The van der Waals surface area contributed by atoms with E-state index in [1.54, 1.807) is 18.2 Å². The predicted octanol–water partition coefficient (Wildman–Crippen LogP) is 2.56. The molecular weight excluding hydrogens is 338 g/mol. The summed E-state index contributed by atoms with van der Waals surface area (Å²) in [5.74, 6) is -1.04. The maximum absolute atomic E-state index is 12.1. The highest BCUT2D eigenvalue weighted by Crippen LogP contribution is 2.19. The van der Waals surface area contributed by atoms with E-state index < -0.39 is 23.5 Å². The third-order valence-corrected chi connectivity index (χ3v) is 3.80. The number of nitrogens with one attached hydrogen (secondary N) is 1. The Labute approximate surface area is 148 Å². The summed E-state index contributed by atoms with van der Waals surface area (Å²) in [6, 6.07) is 8.90. The van der Waals surface area contributed by atoms with Gasteiger partial charge in [0, 0.05) is 17.0 Å². The quantitative estimate of drug-likeness (QED) is 0.558. The Hall–Kier alpha value is -3.35. The van der Waals surface area contributed by atoms with Gasteiger partial charge in [-0.25, -0.2) is 9.59 Å². The van der Waals surface area contributed by atoms with Crippen LogP contribution in [0, 0.1) is 6.92 Å². The van der Waals surface area contributed by atoms with Gasteiger partial charge < -0.3 is 18.9 Å². The summed E-state index contributed by atoms with van der Waals surface area (Å²) in [6.07, 6.45) is 1.37. The normalized spacial score (nSPS) is 11.9. The van der Waals surface area contributed by atoms with Crippen LogP contribution in [0.3, 0.4) is 0 Å². The maximum atomic E-state index is 12.1. The number of ether oxygens (including phenoxy) is 1. The second-order valence-electron chi connectivity index (χ2n) is 5.87. The fourth-order valence-corrected chi connectivity index (χ4v) is 2.46. The molecule has 7 heteroatoms. The van der Waals surface area contributed by atoms with Crippen molar-refractivity contribution in [2.45, 2.75) is 26.5 Å². The van der Waals surface area contributed by atoms with Crippen molar-refractivity contribution in [3.8, 4) is 0 Å². The molecule has 0 saturated heterocycles. The van der Waals surface area contributed by atoms with Crippen molar-refractivity contribution in [1.29, 1.82) is 0 Å². The SMILES string of the molecule is Cc1ccc2c(COC(=O)[C@H](C)NC(=O)c3ccco3)cc(=O)oc2c1. The van der Waals surface area contributed by atoms with Gasteiger partial charge in [-0.2, -0.15) is 0 Å². The van der Waals surface area contributed by atoms with Crippen molar-refractivity contribution < 1.29 is 23.2 Å². The Bertz CT molecular complexity index is 1000. The molecule has 0 aliphatic carbocycles. The van der Waals surface area contributed by atoms with Crippen LogP contribution in [-0.4, -0.2) is 17.9 Å². The molecule has 7 nitrogen and oxygen atoms in total. The minimum Gasteiger partial charge on any atom is -0.459 e. The minimum atomic E-state index is -0.874. The number of rotatable bonds is 5. The molecule has 1 aromatic carbocycles.